The summed E-state index contributed by atoms with van der Waals surface area (Å²) >= 11 is 0. The molecule has 9 nitrogen and oxygen atoms in total. The van der Waals surface area contributed by atoms with Crippen LogP contribution in [0.2, 0.25) is 0 Å². The number of hydrogen-bond donors (Lipinski definition) is 3. The van der Waals surface area contributed by atoms with Gasteiger partial charge in [-0.3, -0.25) is 14.4 Å². The molecule has 0 bridgehead atoms. The van der Waals surface area contributed by atoms with Crippen molar-refractivity contribution in [2.45, 2.75) is 51.3 Å². The van der Waals surface area contributed by atoms with E-state index in [1.54, 1.807) is 44.2 Å². The van der Waals surface area contributed by atoms with Crippen molar-refractivity contribution in [2.24, 2.45) is 11.1 Å². The van der Waals surface area contributed by atoms with Gasteiger partial charge in [-0.15, -0.1) is 0 Å². The first kappa shape index (κ1) is 24.2. The first-order valence-electron chi connectivity index (χ1n) is 10.8. The molecule has 2 heterocycles. The number of ketones is 1. The molecule has 1 fully saturated rings. The van der Waals surface area contributed by atoms with Gasteiger partial charge < -0.3 is 25.5 Å². The topological polar surface area (TPSA) is 141 Å². The van der Waals surface area contributed by atoms with E-state index in [0.29, 0.717) is 12.0 Å². The Hall–Kier alpha value is -3.46. The average molecular weight is 456 g/mol. The molecule has 176 valence electrons. The molecule has 4 N–H and O–H groups in total. The summed E-state index contributed by atoms with van der Waals surface area (Å²) in [4.78, 5) is 50.4. The average Bonchev–Trinajstić information content (AvgIpc) is 3.36. The van der Waals surface area contributed by atoms with Crippen molar-refractivity contribution in [3.8, 4) is 0 Å². The maximum Gasteiger partial charge on any atom is 0.337 e. The van der Waals surface area contributed by atoms with E-state index >= 15 is 0 Å². The SMILES string of the molecule is CCC1OCC(=O)C1NC(=O)C(c1ccccc1)(n1ccc(C(=O)O)c1)C(C)(C)CC(N)=O. The number of aromatic carboxylic acids is 1. The van der Waals surface area contributed by atoms with E-state index in [4.69, 9.17) is 10.5 Å². The standard InChI is InChI=1S/C24H29N3O6/c1-4-18-20(17(28)14-33-18)26-22(32)24(16-8-6-5-7-9-16,23(2,3)12-19(25)29)27-11-10-15(13-27)21(30)31/h5-11,13,18,20H,4,12,14H2,1-3H3,(H2,25,29)(H,26,32)(H,30,31). The lowest BCUT2D eigenvalue weighted by molar-refractivity contribution is -0.138. The maximum atomic E-state index is 14.2. The molecular weight excluding hydrogens is 426 g/mol. The highest BCUT2D eigenvalue weighted by atomic mass is 16.5. The monoisotopic (exact) mass is 455 g/mol. The molecule has 1 aromatic carbocycles. The van der Waals surface area contributed by atoms with Crippen molar-refractivity contribution in [3.63, 3.8) is 0 Å². The summed E-state index contributed by atoms with van der Waals surface area (Å²) < 4.78 is 7.01. The smallest absolute Gasteiger partial charge is 0.337 e. The van der Waals surface area contributed by atoms with Crippen LogP contribution in [-0.4, -0.2) is 52.0 Å². The van der Waals surface area contributed by atoms with E-state index in [9.17, 15) is 24.3 Å². The minimum absolute atomic E-state index is 0.0234. The molecule has 3 rings (SSSR count). The largest absolute Gasteiger partial charge is 0.478 e. The lowest BCUT2D eigenvalue weighted by Gasteiger charge is -2.47. The molecular formula is C24H29N3O6. The second-order valence-electron chi connectivity index (χ2n) is 8.89. The molecule has 9 heteroatoms. The normalized spacial score (nSPS) is 20.3. The Kier molecular flexibility index (Phi) is 6.73. The number of carbonyl (C=O) groups excluding carboxylic acids is 3. The van der Waals surface area contributed by atoms with Gasteiger partial charge in [-0.25, -0.2) is 4.79 Å². The quantitative estimate of drug-likeness (QED) is 0.526. The fourth-order valence-electron chi connectivity index (χ4n) is 4.77. The Morgan fingerprint density at radius 3 is 2.42 bits per heavy atom. The number of rotatable bonds is 9. The minimum Gasteiger partial charge on any atom is -0.478 e. The highest BCUT2D eigenvalue weighted by Crippen LogP contribution is 2.46. The minimum atomic E-state index is -1.60. The Labute approximate surface area is 191 Å². The zero-order valence-electron chi connectivity index (χ0n) is 18.9. The molecule has 1 aliphatic heterocycles. The number of ether oxygens (including phenoxy) is 1. The number of carbonyl (C=O) groups is 4. The third-order valence-electron chi connectivity index (χ3n) is 6.29. The number of carboxylic acid groups (broad SMARTS) is 1. The Bertz CT molecular complexity index is 1060. The second-order valence-corrected chi connectivity index (χ2v) is 8.89. The van der Waals surface area contributed by atoms with E-state index in [-0.39, 0.29) is 24.4 Å². The van der Waals surface area contributed by atoms with E-state index in [1.807, 2.05) is 6.92 Å². The van der Waals surface area contributed by atoms with Crippen molar-refractivity contribution in [1.29, 1.82) is 0 Å². The van der Waals surface area contributed by atoms with E-state index < -0.39 is 40.9 Å². The van der Waals surface area contributed by atoms with Gasteiger partial charge >= 0.3 is 5.97 Å². The molecule has 0 aliphatic carbocycles. The fourth-order valence-corrected chi connectivity index (χ4v) is 4.77. The molecule has 33 heavy (non-hydrogen) atoms. The van der Waals surface area contributed by atoms with Crippen LogP contribution >= 0.6 is 0 Å². The van der Waals surface area contributed by atoms with Gasteiger partial charge in [0.2, 0.25) is 5.91 Å². The molecule has 3 unspecified atom stereocenters. The van der Waals surface area contributed by atoms with Crippen molar-refractivity contribution in [2.75, 3.05) is 6.61 Å². The van der Waals surface area contributed by atoms with Gasteiger partial charge in [-0.1, -0.05) is 51.1 Å². The van der Waals surface area contributed by atoms with E-state index in [0.717, 1.165) is 0 Å². The number of Topliss-reactive ketones (excluding diaryl/α,β-unsaturated/α-hetero) is 1. The zero-order chi connectivity index (χ0) is 24.4. The second kappa shape index (κ2) is 9.19. The Morgan fingerprint density at radius 1 is 1.21 bits per heavy atom. The van der Waals surface area contributed by atoms with Crippen LogP contribution in [0, 0.1) is 5.41 Å². The number of amides is 2. The lowest BCUT2D eigenvalue weighted by Crippen LogP contribution is -2.62. The summed E-state index contributed by atoms with van der Waals surface area (Å²) in [5.74, 6) is -2.59. The third kappa shape index (κ3) is 4.28. The summed E-state index contributed by atoms with van der Waals surface area (Å²) in [6.45, 7) is 5.19. The first-order valence-corrected chi connectivity index (χ1v) is 10.8. The Balaban J connectivity index is 2.26. The first-order chi connectivity index (χ1) is 15.5. The van der Waals surface area contributed by atoms with Gasteiger partial charge in [0.15, 0.2) is 11.3 Å². The Morgan fingerprint density at radius 2 is 1.88 bits per heavy atom. The summed E-state index contributed by atoms with van der Waals surface area (Å²) in [6.07, 6.45) is 2.70. The van der Waals surface area contributed by atoms with Crippen LogP contribution in [0.3, 0.4) is 0 Å². The van der Waals surface area contributed by atoms with Gasteiger partial charge in [-0.2, -0.15) is 0 Å². The third-order valence-corrected chi connectivity index (χ3v) is 6.29. The van der Waals surface area contributed by atoms with Crippen LogP contribution in [0.1, 0.15) is 49.5 Å². The summed E-state index contributed by atoms with van der Waals surface area (Å²) in [5, 5.41) is 12.4. The van der Waals surface area contributed by atoms with Crippen LogP contribution in [0.25, 0.3) is 0 Å². The molecule has 0 spiro atoms. The van der Waals surface area contributed by atoms with Crippen LogP contribution in [0.15, 0.2) is 48.8 Å². The van der Waals surface area contributed by atoms with Crippen molar-refractivity contribution >= 4 is 23.6 Å². The molecule has 2 amide bonds. The number of nitrogens with zero attached hydrogens (tertiary/aromatic N) is 1. The van der Waals surface area contributed by atoms with Crippen LogP contribution in [-0.2, 0) is 24.7 Å². The molecule has 0 saturated carbocycles. The van der Waals surface area contributed by atoms with Crippen molar-refractivity contribution < 1.29 is 29.0 Å². The molecule has 2 aromatic rings. The zero-order valence-corrected chi connectivity index (χ0v) is 18.9. The summed E-state index contributed by atoms with van der Waals surface area (Å²) in [5.41, 5.74) is 3.34. The van der Waals surface area contributed by atoms with E-state index in [1.165, 1.54) is 23.0 Å². The maximum absolute atomic E-state index is 14.2. The fraction of sp³-hybridized carbons (Fsp3) is 0.417. The highest BCUT2D eigenvalue weighted by Gasteiger charge is 2.55. The number of aromatic nitrogens is 1. The number of benzene rings is 1. The molecule has 0 radical (unpaired) electrons. The number of primary amides is 1. The van der Waals surface area contributed by atoms with Crippen LogP contribution < -0.4 is 11.1 Å². The lowest BCUT2D eigenvalue weighted by atomic mass is 9.65. The summed E-state index contributed by atoms with van der Waals surface area (Å²) in [6, 6.07) is 9.26. The van der Waals surface area contributed by atoms with E-state index in [2.05, 4.69) is 5.32 Å². The molecule has 1 saturated heterocycles. The van der Waals surface area contributed by atoms with Crippen molar-refractivity contribution in [3.05, 3.63) is 59.9 Å². The van der Waals surface area contributed by atoms with Crippen molar-refractivity contribution in [1.82, 2.24) is 9.88 Å². The molecule has 1 aliphatic rings. The van der Waals surface area contributed by atoms with Gasteiger partial charge in [0, 0.05) is 24.2 Å². The van der Waals surface area contributed by atoms with Crippen LogP contribution in [0.5, 0.6) is 0 Å². The predicted octanol–water partition coefficient (Wildman–Crippen LogP) is 1.69. The number of nitrogens with two attached hydrogens (primary N) is 1. The molecule has 1 aromatic heterocycles. The number of nitrogens with one attached hydrogen (secondary N) is 1. The number of carboxylic acids is 1. The number of hydrogen-bond acceptors (Lipinski definition) is 5. The predicted molar refractivity (Wildman–Crippen MR) is 119 cm³/mol. The molecule has 3 atom stereocenters. The van der Waals surface area contributed by atoms with Gasteiger partial charge in [0.05, 0.1) is 11.7 Å². The van der Waals surface area contributed by atoms with Crippen LogP contribution in [0.4, 0.5) is 0 Å². The van der Waals surface area contributed by atoms with Gasteiger partial charge in [-0.05, 0) is 18.1 Å². The van der Waals surface area contributed by atoms with Gasteiger partial charge in [0.25, 0.3) is 5.91 Å². The summed E-state index contributed by atoms with van der Waals surface area (Å²) in [7, 11) is 0. The highest BCUT2D eigenvalue weighted by molar-refractivity contribution is 5.97. The van der Waals surface area contributed by atoms with Gasteiger partial charge in [0.1, 0.15) is 12.6 Å².